The van der Waals surface area contributed by atoms with Crippen molar-refractivity contribution >= 4 is 17.3 Å². The summed E-state index contributed by atoms with van der Waals surface area (Å²) >= 11 is 0. The fraction of sp³-hybridized carbons (Fsp3) is 0.0769. The Morgan fingerprint density at radius 1 is 1.28 bits per heavy atom. The zero-order valence-electron chi connectivity index (χ0n) is 9.88. The van der Waals surface area contributed by atoms with E-state index in [0.717, 1.165) is 0 Å². The fourth-order valence-electron chi connectivity index (χ4n) is 1.37. The van der Waals surface area contributed by atoms with Gasteiger partial charge in [-0.05, 0) is 43.3 Å². The Labute approximate surface area is 104 Å². The van der Waals surface area contributed by atoms with Crippen LogP contribution >= 0.6 is 0 Å². The highest BCUT2D eigenvalue weighted by molar-refractivity contribution is 5.99. The van der Waals surface area contributed by atoms with Crippen molar-refractivity contribution in [1.82, 2.24) is 5.43 Å². The number of hydrogen-bond acceptors (Lipinski definition) is 4. The summed E-state index contributed by atoms with van der Waals surface area (Å²) in [5, 5.41) is 3.96. The predicted molar refractivity (Wildman–Crippen MR) is 69.2 cm³/mol. The average molecular weight is 243 g/mol. The summed E-state index contributed by atoms with van der Waals surface area (Å²) in [6.45, 7) is 1.75. The van der Waals surface area contributed by atoms with Gasteiger partial charge in [-0.1, -0.05) is 0 Å². The van der Waals surface area contributed by atoms with E-state index in [0.29, 0.717) is 22.7 Å². The number of benzene rings is 1. The van der Waals surface area contributed by atoms with Crippen LogP contribution in [0.2, 0.25) is 0 Å². The molecule has 0 radical (unpaired) electrons. The maximum Gasteiger partial charge on any atom is 0.271 e. The Bertz CT molecular complexity index is 556. The van der Waals surface area contributed by atoms with Crippen LogP contribution < -0.4 is 11.2 Å². The lowest BCUT2D eigenvalue weighted by molar-refractivity contribution is 0.0955. The van der Waals surface area contributed by atoms with E-state index in [1.165, 1.54) is 0 Å². The Hall–Kier alpha value is -2.56. The number of furan rings is 1. The number of amides is 1. The van der Waals surface area contributed by atoms with E-state index >= 15 is 0 Å². The summed E-state index contributed by atoms with van der Waals surface area (Å²) in [7, 11) is 0. The Morgan fingerprint density at radius 3 is 2.61 bits per heavy atom. The number of nitrogens with two attached hydrogens (primary N) is 1. The summed E-state index contributed by atoms with van der Waals surface area (Å²) in [6, 6.07) is 10.1. The highest BCUT2D eigenvalue weighted by Crippen LogP contribution is 2.05. The van der Waals surface area contributed by atoms with Crippen molar-refractivity contribution in [3.05, 3.63) is 54.0 Å². The molecule has 1 amide bonds. The Balaban J connectivity index is 2.04. The molecule has 0 atom stereocenters. The van der Waals surface area contributed by atoms with Crippen LogP contribution in [0.4, 0.5) is 5.69 Å². The van der Waals surface area contributed by atoms with Gasteiger partial charge in [0.1, 0.15) is 11.5 Å². The average Bonchev–Trinajstić information content (AvgIpc) is 2.90. The van der Waals surface area contributed by atoms with Crippen LogP contribution in [0.15, 0.2) is 52.2 Å². The predicted octanol–water partition coefficient (Wildman–Crippen LogP) is 2.02. The monoisotopic (exact) mass is 243 g/mol. The van der Waals surface area contributed by atoms with Gasteiger partial charge in [-0.15, -0.1) is 0 Å². The number of hydrazone groups is 1. The molecule has 3 N–H and O–H groups in total. The first-order valence-electron chi connectivity index (χ1n) is 5.41. The second-order valence-electron chi connectivity index (χ2n) is 3.74. The van der Waals surface area contributed by atoms with Gasteiger partial charge in [-0.3, -0.25) is 4.79 Å². The van der Waals surface area contributed by atoms with E-state index in [4.69, 9.17) is 10.2 Å². The molecule has 1 aromatic carbocycles. The SMILES string of the molecule is C/C(=N\NC(=O)c1ccc(N)cc1)c1ccco1. The van der Waals surface area contributed by atoms with Gasteiger partial charge >= 0.3 is 0 Å². The summed E-state index contributed by atoms with van der Waals surface area (Å²) in [5.41, 5.74) is 9.71. The molecule has 0 saturated carbocycles. The van der Waals surface area contributed by atoms with Crippen LogP contribution in [-0.4, -0.2) is 11.6 Å². The van der Waals surface area contributed by atoms with Gasteiger partial charge in [0.2, 0.25) is 0 Å². The van der Waals surface area contributed by atoms with Crippen molar-refractivity contribution in [2.24, 2.45) is 5.10 Å². The highest BCUT2D eigenvalue weighted by Gasteiger charge is 2.05. The molecule has 0 unspecified atom stereocenters. The summed E-state index contributed by atoms with van der Waals surface area (Å²) < 4.78 is 5.15. The molecular formula is C13H13N3O2. The van der Waals surface area contributed by atoms with E-state index in [2.05, 4.69) is 10.5 Å². The van der Waals surface area contributed by atoms with Gasteiger partial charge in [0.15, 0.2) is 0 Å². The quantitative estimate of drug-likeness (QED) is 0.491. The van der Waals surface area contributed by atoms with E-state index in [-0.39, 0.29) is 5.91 Å². The molecular weight excluding hydrogens is 230 g/mol. The molecule has 0 spiro atoms. The molecule has 0 saturated heterocycles. The van der Waals surface area contributed by atoms with E-state index in [1.807, 2.05) is 0 Å². The molecule has 0 aliphatic rings. The number of rotatable bonds is 3. The number of nitrogens with zero attached hydrogens (tertiary/aromatic N) is 1. The van der Waals surface area contributed by atoms with E-state index < -0.39 is 0 Å². The summed E-state index contributed by atoms with van der Waals surface area (Å²) in [5.74, 6) is 0.327. The zero-order chi connectivity index (χ0) is 13.0. The number of nitrogen functional groups attached to an aromatic ring is 1. The smallest absolute Gasteiger partial charge is 0.271 e. The molecule has 92 valence electrons. The number of hydrogen-bond donors (Lipinski definition) is 2. The number of nitrogens with one attached hydrogen (secondary N) is 1. The molecule has 5 heteroatoms. The molecule has 0 aliphatic carbocycles. The Morgan fingerprint density at radius 2 is 2.00 bits per heavy atom. The lowest BCUT2D eigenvalue weighted by atomic mass is 10.2. The lowest BCUT2D eigenvalue weighted by Crippen LogP contribution is -2.19. The molecule has 2 rings (SSSR count). The Kier molecular flexibility index (Phi) is 3.43. The third-order valence-electron chi connectivity index (χ3n) is 2.38. The summed E-state index contributed by atoms with van der Waals surface area (Å²) in [6.07, 6.45) is 1.55. The normalized spacial score (nSPS) is 11.3. The topological polar surface area (TPSA) is 80.6 Å². The largest absolute Gasteiger partial charge is 0.463 e. The first-order valence-corrected chi connectivity index (χ1v) is 5.41. The fourth-order valence-corrected chi connectivity index (χ4v) is 1.37. The standard InChI is InChI=1S/C13H13N3O2/c1-9(12-3-2-8-18-12)15-16-13(17)10-4-6-11(14)7-5-10/h2-8H,14H2,1H3,(H,16,17)/b15-9+. The zero-order valence-corrected chi connectivity index (χ0v) is 9.88. The van der Waals surface area contributed by atoms with Gasteiger partial charge in [-0.2, -0.15) is 5.10 Å². The van der Waals surface area contributed by atoms with Crippen LogP contribution in [-0.2, 0) is 0 Å². The second kappa shape index (κ2) is 5.18. The van der Waals surface area contributed by atoms with E-state index in [9.17, 15) is 4.79 Å². The highest BCUT2D eigenvalue weighted by atomic mass is 16.3. The van der Waals surface area contributed by atoms with Crippen LogP contribution in [0.25, 0.3) is 0 Å². The first-order chi connectivity index (χ1) is 8.66. The molecule has 0 fully saturated rings. The van der Waals surface area contributed by atoms with Gasteiger partial charge in [0, 0.05) is 11.3 Å². The molecule has 2 aromatic rings. The van der Waals surface area contributed by atoms with Crippen LogP contribution in [0, 0.1) is 0 Å². The molecule has 18 heavy (non-hydrogen) atoms. The molecule has 1 aromatic heterocycles. The molecule has 1 heterocycles. The van der Waals surface area contributed by atoms with Crippen molar-refractivity contribution < 1.29 is 9.21 Å². The van der Waals surface area contributed by atoms with Gasteiger partial charge in [0.25, 0.3) is 5.91 Å². The van der Waals surface area contributed by atoms with E-state index in [1.54, 1.807) is 49.6 Å². The van der Waals surface area contributed by atoms with Crippen molar-refractivity contribution in [3.8, 4) is 0 Å². The first kappa shape index (κ1) is 11.9. The van der Waals surface area contributed by atoms with Gasteiger partial charge in [0.05, 0.1) is 6.26 Å². The minimum absolute atomic E-state index is 0.291. The third kappa shape index (κ3) is 2.76. The minimum atomic E-state index is -0.291. The van der Waals surface area contributed by atoms with Crippen molar-refractivity contribution in [1.29, 1.82) is 0 Å². The van der Waals surface area contributed by atoms with Crippen LogP contribution in [0.3, 0.4) is 0 Å². The van der Waals surface area contributed by atoms with Gasteiger partial charge in [-0.25, -0.2) is 5.43 Å². The lowest BCUT2D eigenvalue weighted by Gasteiger charge is -2.01. The van der Waals surface area contributed by atoms with Crippen molar-refractivity contribution in [2.45, 2.75) is 6.92 Å². The van der Waals surface area contributed by atoms with Crippen molar-refractivity contribution in [2.75, 3.05) is 5.73 Å². The number of carbonyl (C=O) groups is 1. The number of anilines is 1. The van der Waals surface area contributed by atoms with Crippen LogP contribution in [0.5, 0.6) is 0 Å². The second-order valence-corrected chi connectivity index (χ2v) is 3.74. The third-order valence-corrected chi connectivity index (χ3v) is 2.38. The maximum absolute atomic E-state index is 11.7. The number of carbonyl (C=O) groups excluding carboxylic acids is 1. The molecule has 0 bridgehead atoms. The minimum Gasteiger partial charge on any atom is -0.463 e. The molecule has 0 aliphatic heterocycles. The summed E-state index contributed by atoms with van der Waals surface area (Å²) in [4.78, 5) is 11.7. The van der Waals surface area contributed by atoms with Gasteiger partial charge < -0.3 is 10.2 Å². The molecule has 5 nitrogen and oxygen atoms in total. The van der Waals surface area contributed by atoms with Crippen LogP contribution in [0.1, 0.15) is 23.0 Å². The maximum atomic E-state index is 11.7. The van der Waals surface area contributed by atoms with Crippen molar-refractivity contribution in [3.63, 3.8) is 0 Å².